The van der Waals surface area contributed by atoms with E-state index in [2.05, 4.69) is 15.1 Å². The summed E-state index contributed by atoms with van der Waals surface area (Å²) in [5.74, 6) is 1.10. The Bertz CT molecular complexity index is 681. The van der Waals surface area contributed by atoms with E-state index in [0.29, 0.717) is 31.3 Å². The number of rotatable bonds is 2. The molecule has 2 aromatic heterocycles. The van der Waals surface area contributed by atoms with Crippen molar-refractivity contribution in [2.45, 2.75) is 33.3 Å². The number of nitrogens with zero attached hydrogens (tertiary/aromatic N) is 5. The van der Waals surface area contributed by atoms with Crippen molar-refractivity contribution in [3.8, 4) is 0 Å². The molecule has 7 nitrogen and oxygen atoms in total. The molecular weight excluding hydrogens is 270 g/mol. The van der Waals surface area contributed by atoms with Crippen molar-refractivity contribution in [1.82, 2.24) is 24.5 Å². The monoisotopic (exact) mass is 289 g/mol. The average molecular weight is 289 g/mol. The first-order valence-electron chi connectivity index (χ1n) is 7.12. The molecule has 0 aliphatic carbocycles. The van der Waals surface area contributed by atoms with Gasteiger partial charge in [0.15, 0.2) is 5.82 Å². The Labute approximate surface area is 122 Å². The van der Waals surface area contributed by atoms with Crippen LogP contribution >= 0.6 is 0 Å². The van der Waals surface area contributed by atoms with Crippen LogP contribution in [0.3, 0.4) is 0 Å². The number of morpholine rings is 1. The zero-order valence-electron chi connectivity index (χ0n) is 12.5. The highest BCUT2D eigenvalue weighted by atomic mass is 16.5. The Kier molecular flexibility index (Phi) is 3.59. The Hall–Kier alpha value is -2.02. The van der Waals surface area contributed by atoms with E-state index in [1.807, 2.05) is 31.7 Å². The molecular formula is C14H19N5O2. The summed E-state index contributed by atoms with van der Waals surface area (Å²) >= 11 is 0. The number of carbonyl (C=O) groups excluding carboxylic acids is 1. The molecule has 1 aliphatic rings. The second-order valence-electron chi connectivity index (χ2n) is 5.48. The van der Waals surface area contributed by atoms with Crippen LogP contribution in [0.2, 0.25) is 0 Å². The molecule has 0 bridgehead atoms. The van der Waals surface area contributed by atoms with Crippen LogP contribution < -0.4 is 0 Å². The van der Waals surface area contributed by atoms with Gasteiger partial charge in [0, 0.05) is 24.5 Å². The van der Waals surface area contributed by atoms with Crippen molar-refractivity contribution in [3.05, 3.63) is 23.3 Å². The fraction of sp³-hybridized carbons (Fsp3) is 0.571. The van der Waals surface area contributed by atoms with Gasteiger partial charge in [-0.15, -0.1) is 5.10 Å². The molecule has 0 aromatic carbocycles. The van der Waals surface area contributed by atoms with Crippen molar-refractivity contribution in [2.24, 2.45) is 0 Å². The molecule has 7 heteroatoms. The van der Waals surface area contributed by atoms with Crippen LogP contribution in [0, 0.1) is 13.8 Å². The molecule has 0 spiro atoms. The van der Waals surface area contributed by atoms with Crippen molar-refractivity contribution in [3.63, 3.8) is 0 Å². The minimum absolute atomic E-state index is 0.0374. The molecule has 0 radical (unpaired) electrons. The van der Waals surface area contributed by atoms with E-state index in [-0.39, 0.29) is 18.4 Å². The lowest BCUT2D eigenvalue weighted by molar-refractivity contribution is -0.137. The van der Waals surface area contributed by atoms with Crippen LogP contribution in [0.25, 0.3) is 5.78 Å². The van der Waals surface area contributed by atoms with E-state index in [1.165, 1.54) is 0 Å². The van der Waals surface area contributed by atoms with Gasteiger partial charge >= 0.3 is 0 Å². The molecule has 0 saturated carbocycles. The SMILES string of the molecule is Cc1cc(C)n2nc(CC(=O)N3CCOC(C)C3)nc2n1. The quantitative estimate of drug-likeness (QED) is 0.806. The lowest BCUT2D eigenvalue weighted by Gasteiger charge is -2.30. The van der Waals surface area contributed by atoms with Gasteiger partial charge in [0.2, 0.25) is 5.91 Å². The first-order valence-corrected chi connectivity index (χ1v) is 7.12. The fourth-order valence-electron chi connectivity index (χ4n) is 2.57. The maximum absolute atomic E-state index is 12.3. The Balaban J connectivity index is 1.78. The second-order valence-corrected chi connectivity index (χ2v) is 5.48. The number of carbonyl (C=O) groups is 1. The topological polar surface area (TPSA) is 72.6 Å². The smallest absolute Gasteiger partial charge is 0.252 e. The van der Waals surface area contributed by atoms with Crippen LogP contribution in [0.5, 0.6) is 0 Å². The molecule has 112 valence electrons. The minimum atomic E-state index is 0.0374. The molecule has 3 heterocycles. The van der Waals surface area contributed by atoms with Gasteiger partial charge in [-0.1, -0.05) is 0 Å². The van der Waals surface area contributed by atoms with Crippen molar-refractivity contribution >= 4 is 11.7 Å². The fourth-order valence-corrected chi connectivity index (χ4v) is 2.57. The highest BCUT2D eigenvalue weighted by molar-refractivity contribution is 5.78. The first-order chi connectivity index (χ1) is 10.0. The van der Waals surface area contributed by atoms with E-state index in [4.69, 9.17) is 4.74 Å². The summed E-state index contributed by atoms with van der Waals surface area (Å²) in [6, 6.07) is 1.94. The third-order valence-electron chi connectivity index (χ3n) is 3.57. The zero-order chi connectivity index (χ0) is 15.0. The van der Waals surface area contributed by atoms with Crippen LogP contribution in [0.15, 0.2) is 6.07 Å². The first kappa shape index (κ1) is 13.9. The molecule has 1 atom stereocenters. The number of aryl methyl sites for hydroxylation is 2. The third kappa shape index (κ3) is 2.87. The van der Waals surface area contributed by atoms with E-state index in [0.717, 1.165) is 11.4 Å². The van der Waals surface area contributed by atoms with Crippen LogP contribution in [0.4, 0.5) is 0 Å². The molecule has 3 rings (SSSR count). The summed E-state index contributed by atoms with van der Waals surface area (Å²) in [6.07, 6.45) is 0.289. The maximum Gasteiger partial charge on any atom is 0.252 e. The lowest BCUT2D eigenvalue weighted by Crippen LogP contribution is -2.45. The Morgan fingerprint density at radius 2 is 2.24 bits per heavy atom. The van der Waals surface area contributed by atoms with E-state index in [9.17, 15) is 4.79 Å². The van der Waals surface area contributed by atoms with Gasteiger partial charge in [0.05, 0.1) is 19.1 Å². The predicted molar refractivity (Wildman–Crippen MR) is 76.0 cm³/mol. The van der Waals surface area contributed by atoms with Gasteiger partial charge in [-0.25, -0.2) is 9.50 Å². The summed E-state index contributed by atoms with van der Waals surface area (Å²) in [7, 11) is 0. The summed E-state index contributed by atoms with van der Waals surface area (Å²) in [5.41, 5.74) is 1.86. The van der Waals surface area contributed by atoms with Gasteiger partial charge in [-0.2, -0.15) is 4.98 Å². The van der Waals surface area contributed by atoms with E-state index < -0.39 is 0 Å². The molecule has 1 fully saturated rings. The van der Waals surface area contributed by atoms with Crippen molar-refractivity contribution in [1.29, 1.82) is 0 Å². The number of ether oxygens (including phenoxy) is 1. The highest BCUT2D eigenvalue weighted by Gasteiger charge is 2.22. The summed E-state index contributed by atoms with van der Waals surface area (Å²) < 4.78 is 7.12. The van der Waals surface area contributed by atoms with Gasteiger partial charge < -0.3 is 9.64 Å². The number of aromatic nitrogens is 4. The van der Waals surface area contributed by atoms with Crippen LogP contribution in [-0.4, -0.2) is 56.2 Å². The molecule has 1 unspecified atom stereocenters. The molecule has 2 aromatic rings. The molecule has 0 N–H and O–H groups in total. The van der Waals surface area contributed by atoms with Gasteiger partial charge in [-0.3, -0.25) is 4.79 Å². The highest BCUT2D eigenvalue weighted by Crippen LogP contribution is 2.09. The van der Waals surface area contributed by atoms with Crippen LogP contribution in [-0.2, 0) is 16.0 Å². The molecule has 21 heavy (non-hydrogen) atoms. The van der Waals surface area contributed by atoms with Crippen molar-refractivity contribution in [2.75, 3.05) is 19.7 Å². The third-order valence-corrected chi connectivity index (χ3v) is 3.57. The molecule has 1 saturated heterocycles. The standard InChI is InChI=1S/C14H19N5O2/c1-9-6-10(2)19-14(15-9)16-12(17-19)7-13(20)18-4-5-21-11(3)8-18/h6,11H,4-5,7-8H2,1-3H3. The Morgan fingerprint density at radius 3 is 3.00 bits per heavy atom. The molecule has 1 aliphatic heterocycles. The number of amides is 1. The lowest BCUT2D eigenvalue weighted by atomic mass is 10.2. The Morgan fingerprint density at radius 1 is 1.43 bits per heavy atom. The van der Waals surface area contributed by atoms with Gasteiger partial charge in [0.1, 0.15) is 0 Å². The average Bonchev–Trinajstić information content (AvgIpc) is 2.81. The number of fused-ring (bicyclic) bond motifs is 1. The second kappa shape index (κ2) is 5.40. The maximum atomic E-state index is 12.3. The van der Waals surface area contributed by atoms with Gasteiger partial charge in [-0.05, 0) is 26.8 Å². The predicted octanol–water partition coefficient (Wildman–Crippen LogP) is 0.531. The zero-order valence-corrected chi connectivity index (χ0v) is 12.5. The summed E-state index contributed by atoms with van der Waals surface area (Å²) in [6.45, 7) is 7.69. The van der Waals surface area contributed by atoms with E-state index >= 15 is 0 Å². The van der Waals surface area contributed by atoms with Crippen molar-refractivity contribution < 1.29 is 9.53 Å². The van der Waals surface area contributed by atoms with E-state index in [1.54, 1.807) is 4.52 Å². The largest absolute Gasteiger partial charge is 0.375 e. The molecule has 1 amide bonds. The number of hydrogen-bond acceptors (Lipinski definition) is 5. The number of hydrogen-bond donors (Lipinski definition) is 0. The van der Waals surface area contributed by atoms with Gasteiger partial charge in [0.25, 0.3) is 5.78 Å². The normalized spacial score (nSPS) is 19.2. The minimum Gasteiger partial charge on any atom is -0.375 e. The van der Waals surface area contributed by atoms with Crippen LogP contribution in [0.1, 0.15) is 24.1 Å². The summed E-state index contributed by atoms with van der Waals surface area (Å²) in [4.78, 5) is 22.8. The summed E-state index contributed by atoms with van der Waals surface area (Å²) in [5, 5.41) is 4.37.